The van der Waals surface area contributed by atoms with Crippen LogP contribution in [0.1, 0.15) is 14.3 Å². The molecule has 0 bridgehead atoms. The molecule has 0 aliphatic carbocycles. The first-order valence-electron chi connectivity index (χ1n) is 2.06. The van der Waals surface area contributed by atoms with Gasteiger partial charge in [-0.25, -0.2) is 0 Å². The third-order valence-corrected chi connectivity index (χ3v) is 0.553. The Hall–Kier alpha value is 0.758. The van der Waals surface area contributed by atoms with Crippen LogP contribution in [0.3, 0.4) is 0 Å². The first kappa shape index (κ1) is 17.0. The molecular formula is C4H10NaO4Sb. The summed E-state index contributed by atoms with van der Waals surface area (Å²) in [6, 6.07) is 0. The topological polar surface area (TPSA) is 74.6 Å². The number of carbonyl (C=O) groups is 2. The SMILES string of the molecule is O=C(O)CCC(=O)O.[H-].[Na+].[SbH3]. The van der Waals surface area contributed by atoms with Crippen molar-refractivity contribution in [2.24, 2.45) is 0 Å². The molecule has 0 aromatic rings. The monoisotopic (exact) mass is 266 g/mol. The summed E-state index contributed by atoms with van der Waals surface area (Å²) in [5, 5.41) is 15.8. The first-order chi connectivity index (χ1) is 3.63. The molecule has 0 rings (SSSR count). The van der Waals surface area contributed by atoms with Crippen LogP contribution >= 0.6 is 0 Å². The van der Waals surface area contributed by atoms with Gasteiger partial charge in [0.1, 0.15) is 0 Å². The third-order valence-electron chi connectivity index (χ3n) is 0.553. The van der Waals surface area contributed by atoms with E-state index in [2.05, 4.69) is 0 Å². The van der Waals surface area contributed by atoms with E-state index in [4.69, 9.17) is 10.2 Å². The molecule has 2 N–H and O–H groups in total. The van der Waals surface area contributed by atoms with E-state index in [1.165, 1.54) is 0 Å². The van der Waals surface area contributed by atoms with E-state index >= 15 is 0 Å². The molecule has 0 heterocycles. The second-order valence-corrected chi connectivity index (χ2v) is 1.29. The molecule has 0 aromatic carbocycles. The average molecular weight is 267 g/mol. The van der Waals surface area contributed by atoms with Crippen molar-refractivity contribution in [3.63, 3.8) is 0 Å². The summed E-state index contributed by atoms with van der Waals surface area (Å²) in [7, 11) is 0. The molecule has 0 radical (unpaired) electrons. The van der Waals surface area contributed by atoms with Gasteiger partial charge >= 0.3 is 65.9 Å². The second-order valence-electron chi connectivity index (χ2n) is 1.29. The summed E-state index contributed by atoms with van der Waals surface area (Å²) in [5.74, 6) is -2.15. The maximum atomic E-state index is 9.64. The van der Waals surface area contributed by atoms with Crippen LogP contribution in [0.4, 0.5) is 0 Å². The van der Waals surface area contributed by atoms with Crippen molar-refractivity contribution in [1.29, 1.82) is 0 Å². The van der Waals surface area contributed by atoms with Gasteiger partial charge in [0.05, 0.1) is 12.8 Å². The number of hydrogen-bond donors (Lipinski definition) is 2. The van der Waals surface area contributed by atoms with Gasteiger partial charge in [0.25, 0.3) is 0 Å². The van der Waals surface area contributed by atoms with Crippen LogP contribution in [0.2, 0.25) is 0 Å². The Morgan fingerprint density at radius 3 is 1.40 bits per heavy atom. The Balaban J connectivity index is -0.0000000817. The fourth-order valence-corrected chi connectivity index (χ4v) is 0.214. The van der Waals surface area contributed by atoms with E-state index in [9.17, 15) is 9.59 Å². The molecule has 0 spiro atoms. The summed E-state index contributed by atoms with van der Waals surface area (Å²) in [5.41, 5.74) is 0. The zero-order chi connectivity index (χ0) is 6.57. The summed E-state index contributed by atoms with van der Waals surface area (Å²) >= 11 is 0. The third kappa shape index (κ3) is 15.9. The quantitative estimate of drug-likeness (QED) is 0.509. The Labute approximate surface area is 99.2 Å². The van der Waals surface area contributed by atoms with Crippen LogP contribution in [0.25, 0.3) is 0 Å². The summed E-state index contributed by atoms with van der Waals surface area (Å²) < 4.78 is 0. The number of carboxylic acids is 2. The molecule has 0 fully saturated rings. The molecule has 56 valence electrons. The second kappa shape index (κ2) is 9.76. The van der Waals surface area contributed by atoms with Crippen LogP contribution in [-0.2, 0) is 9.59 Å². The summed E-state index contributed by atoms with van der Waals surface area (Å²) in [6.45, 7) is 0. The van der Waals surface area contributed by atoms with E-state index in [-0.39, 0.29) is 68.3 Å². The molecule has 6 heteroatoms. The Morgan fingerprint density at radius 2 is 1.30 bits per heavy atom. The predicted molar refractivity (Wildman–Crippen MR) is 35.6 cm³/mol. The van der Waals surface area contributed by atoms with Crippen molar-refractivity contribution in [2.75, 3.05) is 0 Å². The first-order valence-corrected chi connectivity index (χ1v) is 2.06. The number of aliphatic carboxylic acids is 2. The van der Waals surface area contributed by atoms with E-state index in [1.807, 2.05) is 0 Å². The zero-order valence-corrected chi connectivity index (χ0v) is 11.9. The number of rotatable bonds is 3. The minimum atomic E-state index is -1.08. The Kier molecular flexibility index (Phi) is 16.6. The van der Waals surface area contributed by atoms with Crippen LogP contribution in [0, 0.1) is 0 Å². The van der Waals surface area contributed by atoms with Gasteiger partial charge in [-0.2, -0.15) is 0 Å². The van der Waals surface area contributed by atoms with Gasteiger partial charge in [-0.15, -0.1) is 0 Å². The summed E-state index contributed by atoms with van der Waals surface area (Å²) in [4.78, 5) is 19.3. The van der Waals surface area contributed by atoms with Gasteiger partial charge in [0, 0.05) is 0 Å². The molecule has 0 saturated carbocycles. The van der Waals surface area contributed by atoms with Crippen molar-refractivity contribution in [2.45, 2.75) is 12.8 Å². The van der Waals surface area contributed by atoms with Gasteiger partial charge in [0.2, 0.25) is 0 Å². The predicted octanol–water partition coefficient (Wildman–Crippen LogP) is -4.13. The van der Waals surface area contributed by atoms with Gasteiger partial charge in [0.15, 0.2) is 0 Å². The molecule has 0 aliphatic rings. The van der Waals surface area contributed by atoms with Gasteiger partial charge < -0.3 is 11.6 Å². The average Bonchev–Trinajstić information content (AvgIpc) is 1.61. The van der Waals surface area contributed by atoms with Gasteiger partial charge in [-0.1, -0.05) is 0 Å². The Bertz CT molecular complexity index is 107. The molecule has 0 aliphatic heterocycles. The van der Waals surface area contributed by atoms with Crippen molar-refractivity contribution in [1.82, 2.24) is 0 Å². The van der Waals surface area contributed by atoms with Crippen molar-refractivity contribution in [3.05, 3.63) is 0 Å². The van der Waals surface area contributed by atoms with E-state index < -0.39 is 11.9 Å². The molecule has 0 atom stereocenters. The number of carboxylic acid groups (broad SMARTS) is 2. The molecular weight excluding hydrogens is 257 g/mol. The van der Waals surface area contributed by atoms with Crippen LogP contribution in [0.5, 0.6) is 0 Å². The molecule has 10 heavy (non-hydrogen) atoms. The van der Waals surface area contributed by atoms with E-state index in [0.29, 0.717) is 0 Å². The van der Waals surface area contributed by atoms with Crippen LogP contribution in [-0.4, -0.2) is 46.6 Å². The van der Waals surface area contributed by atoms with Crippen molar-refractivity contribution >= 4 is 36.4 Å². The molecule has 4 nitrogen and oxygen atoms in total. The maximum absolute atomic E-state index is 9.64. The fraction of sp³-hybridized carbons (Fsp3) is 0.500. The normalized spacial score (nSPS) is 6.80. The van der Waals surface area contributed by atoms with Crippen molar-refractivity contribution in [3.8, 4) is 0 Å². The van der Waals surface area contributed by atoms with Crippen LogP contribution in [0.15, 0.2) is 0 Å². The standard InChI is InChI=1S/C4H6O4.Na.Sb.4H/c5-3(6)1-2-4(7)8;;;;;;/h1-2H2,(H,5,6)(H,7,8);;;;;;/q;+1;;;;;-1. The van der Waals surface area contributed by atoms with Crippen LogP contribution < -0.4 is 29.6 Å². The van der Waals surface area contributed by atoms with E-state index in [1.54, 1.807) is 0 Å². The Morgan fingerprint density at radius 1 is 1.10 bits per heavy atom. The fourth-order valence-electron chi connectivity index (χ4n) is 0.214. The summed E-state index contributed by atoms with van der Waals surface area (Å²) in [6.07, 6.45) is -0.593. The molecule has 0 unspecified atom stereocenters. The molecule has 0 saturated heterocycles. The number of hydrogen-bond acceptors (Lipinski definition) is 2. The van der Waals surface area contributed by atoms with E-state index in [0.717, 1.165) is 0 Å². The zero-order valence-electron chi connectivity index (χ0n) is 6.83. The minimum absolute atomic E-state index is 0. The van der Waals surface area contributed by atoms with Gasteiger partial charge in [-0.05, 0) is 0 Å². The van der Waals surface area contributed by atoms with Gasteiger partial charge in [-0.3, -0.25) is 9.59 Å². The van der Waals surface area contributed by atoms with Crippen molar-refractivity contribution < 1.29 is 50.8 Å². The molecule has 0 aromatic heterocycles. The molecule has 0 amide bonds.